The number of benzene rings is 2. The molecular weight excluding hydrogens is 342 g/mol. The van der Waals surface area contributed by atoms with Crippen molar-refractivity contribution in [2.75, 3.05) is 5.43 Å². The molecule has 0 saturated heterocycles. The summed E-state index contributed by atoms with van der Waals surface area (Å²) in [6, 6.07) is 16.4. The van der Waals surface area contributed by atoms with E-state index in [4.69, 9.17) is 0 Å². The van der Waals surface area contributed by atoms with Crippen molar-refractivity contribution in [3.05, 3.63) is 83.8 Å². The van der Waals surface area contributed by atoms with Crippen molar-refractivity contribution < 1.29 is 0 Å². The van der Waals surface area contributed by atoms with E-state index >= 15 is 0 Å². The van der Waals surface area contributed by atoms with Crippen LogP contribution in [0.2, 0.25) is 0 Å². The van der Waals surface area contributed by atoms with Gasteiger partial charge >= 0.3 is 0 Å². The Hall–Kier alpha value is -3.25. The first kappa shape index (κ1) is 16.2. The van der Waals surface area contributed by atoms with Gasteiger partial charge in [0.25, 0.3) is 0 Å². The Morgan fingerprint density at radius 3 is 2.62 bits per heavy atom. The first-order valence-corrected chi connectivity index (χ1v) is 9.06. The van der Waals surface area contributed by atoms with Crippen LogP contribution in [0.4, 0.5) is 5.13 Å². The average molecular weight is 359 g/mol. The summed E-state index contributed by atoms with van der Waals surface area (Å²) in [6.07, 6.45) is 7.24. The average Bonchev–Trinajstić information content (AvgIpc) is 3.35. The Kier molecular flexibility index (Phi) is 4.57. The highest BCUT2D eigenvalue weighted by Gasteiger charge is 2.03. The summed E-state index contributed by atoms with van der Waals surface area (Å²) in [5.41, 5.74) is 8.38. The number of rotatable bonds is 5. The minimum absolute atomic E-state index is 0.770. The maximum absolute atomic E-state index is 4.57. The molecule has 4 rings (SSSR count). The molecule has 0 spiro atoms. The number of nitrogens with zero attached hydrogens (tertiary/aromatic N) is 4. The van der Waals surface area contributed by atoms with Crippen molar-refractivity contribution in [2.45, 2.75) is 6.92 Å². The van der Waals surface area contributed by atoms with Gasteiger partial charge in [0.2, 0.25) is 5.13 Å². The summed E-state index contributed by atoms with van der Waals surface area (Å²) in [4.78, 5) is 8.63. The molecule has 26 heavy (non-hydrogen) atoms. The van der Waals surface area contributed by atoms with Gasteiger partial charge < -0.3 is 4.57 Å². The quantitative estimate of drug-likeness (QED) is 0.413. The number of aryl methyl sites for hydroxylation is 1. The third kappa shape index (κ3) is 3.70. The van der Waals surface area contributed by atoms with Crippen molar-refractivity contribution in [3.8, 4) is 16.9 Å². The molecule has 0 aliphatic carbocycles. The largest absolute Gasteiger partial charge is 0.306 e. The third-order valence-electron chi connectivity index (χ3n) is 3.92. The Bertz CT molecular complexity index is 999. The summed E-state index contributed by atoms with van der Waals surface area (Å²) in [7, 11) is 0. The SMILES string of the molecule is Cc1ccc(-c2csc(N/N=C/c3ccc(-n4ccnc4)cc3)n2)cc1. The van der Waals surface area contributed by atoms with Crippen molar-refractivity contribution >= 4 is 22.7 Å². The highest BCUT2D eigenvalue weighted by molar-refractivity contribution is 7.14. The highest BCUT2D eigenvalue weighted by atomic mass is 32.1. The van der Waals surface area contributed by atoms with E-state index < -0.39 is 0 Å². The number of thiazole rings is 1. The van der Waals surface area contributed by atoms with Gasteiger partial charge in [0.05, 0.1) is 18.2 Å². The molecule has 128 valence electrons. The summed E-state index contributed by atoms with van der Waals surface area (Å²) >= 11 is 1.54. The van der Waals surface area contributed by atoms with Crippen molar-refractivity contribution in [3.63, 3.8) is 0 Å². The van der Waals surface area contributed by atoms with Crippen molar-refractivity contribution in [1.82, 2.24) is 14.5 Å². The first-order valence-electron chi connectivity index (χ1n) is 8.18. The van der Waals surface area contributed by atoms with Gasteiger partial charge in [-0.15, -0.1) is 11.3 Å². The zero-order chi connectivity index (χ0) is 17.8. The monoisotopic (exact) mass is 359 g/mol. The van der Waals surface area contributed by atoms with Crippen LogP contribution in [0.25, 0.3) is 16.9 Å². The summed E-state index contributed by atoms with van der Waals surface area (Å²) in [5.74, 6) is 0. The van der Waals surface area contributed by atoms with E-state index in [-0.39, 0.29) is 0 Å². The maximum Gasteiger partial charge on any atom is 0.203 e. The molecule has 0 aliphatic heterocycles. The zero-order valence-electron chi connectivity index (χ0n) is 14.2. The minimum atomic E-state index is 0.770. The van der Waals surface area contributed by atoms with Crippen molar-refractivity contribution in [1.29, 1.82) is 0 Å². The lowest BCUT2D eigenvalue weighted by Crippen LogP contribution is -1.92. The number of hydrazone groups is 1. The standard InChI is InChI=1S/C20H17N5S/c1-15-2-6-17(7-3-15)19-13-26-20(23-19)24-22-12-16-4-8-18(9-5-16)25-11-10-21-14-25/h2-14H,1H3,(H,23,24)/b22-12+. The van der Waals surface area contributed by atoms with E-state index in [1.54, 1.807) is 18.7 Å². The number of hydrogen-bond acceptors (Lipinski definition) is 5. The Morgan fingerprint density at radius 2 is 1.88 bits per heavy atom. The molecular formula is C20H17N5S. The normalized spacial score (nSPS) is 11.1. The number of hydrogen-bond donors (Lipinski definition) is 1. The minimum Gasteiger partial charge on any atom is -0.306 e. The van der Waals surface area contributed by atoms with E-state index in [9.17, 15) is 0 Å². The lowest BCUT2D eigenvalue weighted by molar-refractivity contribution is 1.06. The molecule has 0 amide bonds. The van der Waals surface area contributed by atoms with Gasteiger partial charge in [-0.25, -0.2) is 9.97 Å². The van der Waals surface area contributed by atoms with E-state index in [0.717, 1.165) is 27.6 Å². The van der Waals surface area contributed by atoms with E-state index in [1.807, 2.05) is 40.4 Å². The number of nitrogens with one attached hydrogen (secondary N) is 1. The van der Waals surface area contributed by atoms with Crippen LogP contribution in [0.3, 0.4) is 0 Å². The molecule has 2 heterocycles. The molecule has 1 N–H and O–H groups in total. The van der Waals surface area contributed by atoms with Crippen LogP contribution < -0.4 is 5.43 Å². The third-order valence-corrected chi connectivity index (χ3v) is 4.67. The molecule has 4 aromatic rings. The van der Waals surface area contributed by atoms with E-state index in [2.05, 4.69) is 51.7 Å². The molecule has 5 nitrogen and oxygen atoms in total. The van der Waals surface area contributed by atoms with Gasteiger partial charge in [-0.1, -0.05) is 42.0 Å². The second kappa shape index (κ2) is 7.33. The van der Waals surface area contributed by atoms with E-state index in [1.165, 1.54) is 16.9 Å². The fourth-order valence-corrected chi connectivity index (χ4v) is 3.16. The number of anilines is 1. The van der Waals surface area contributed by atoms with Gasteiger partial charge in [0.15, 0.2) is 0 Å². The zero-order valence-corrected chi connectivity index (χ0v) is 15.0. The number of aromatic nitrogens is 3. The predicted molar refractivity (Wildman–Crippen MR) is 107 cm³/mol. The molecule has 0 atom stereocenters. The van der Waals surface area contributed by atoms with Gasteiger partial charge in [0.1, 0.15) is 0 Å². The lowest BCUT2D eigenvalue weighted by Gasteiger charge is -2.01. The molecule has 0 aliphatic rings. The maximum atomic E-state index is 4.57. The van der Waals surface area contributed by atoms with Crippen LogP contribution in [0.1, 0.15) is 11.1 Å². The van der Waals surface area contributed by atoms with Gasteiger partial charge in [-0.2, -0.15) is 5.10 Å². The number of imidazole rings is 1. The molecule has 2 aromatic heterocycles. The van der Waals surface area contributed by atoms with Crippen LogP contribution in [-0.4, -0.2) is 20.7 Å². The Morgan fingerprint density at radius 1 is 1.08 bits per heavy atom. The smallest absolute Gasteiger partial charge is 0.203 e. The van der Waals surface area contributed by atoms with Crippen LogP contribution in [-0.2, 0) is 0 Å². The lowest BCUT2D eigenvalue weighted by atomic mass is 10.1. The van der Waals surface area contributed by atoms with Crippen molar-refractivity contribution in [2.24, 2.45) is 5.10 Å². The fourth-order valence-electron chi connectivity index (χ4n) is 2.49. The Balaban J connectivity index is 1.40. The molecule has 2 aromatic carbocycles. The topological polar surface area (TPSA) is 55.1 Å². The predicted octanol–water partition coefficient (Wildman–Crippen LogP) is 4.75. The summed E-state index contributed by atoms with van der Waals surface area (Å²) < 4.78 is 1.96. The van der Waals surface area contributed by atoms with Crippen LogP contribution in [0.15, 0.2) is 77.7 Å². The molecule has 0 unspecified atom stereocenters. The van der Waals surface area contributed by atoms with Gasteiger partial charge in [-0.3, -0.25) is 5.43 Å². The Labute approximate surface area is 155 Å². The van der Waals surface area contributed by atoms with E-state index in [0.29, 0.717) is 0 Å². The highest BCUT2D eigenvalue weighted by Crippen LogP contribution is 2.25. The fraction of sp³-hybridized carbons (Fsp3) is 0.0500. The van der Waals surface area contributed by atoms with Crippen LogP contribution >= 0.6 is 11.3 Å². The second-order valence-corrected chi connectivity index (χ2v) is 6.69. The molecule has 0 fully saturated rings. The molecule has 0 radical (unpaired) electrons. The van der Waals surface area contributed by atoms with Gasteiger partial charge in [-0.05, 0) is 24.6 Å². The molecule has 0 bridgehead atoms. The second-order valence-electron chi connectivity index (χ2n) is 5.84. The van der Waals surface area contributed by atoms with Crippen LogP contribution in [0, 0.1) is 6.92 Å². The van der Waals surface area contributed by atoms with Gasteiger partial charge in [0, 0.05) is 29.0 Å². The first-order chi connectivity index (χ1) is 12.8. The molecule has 0 saturated carbocycles. The summed E-state index contributed by atoms with van der Waals surface area (Å²) in [6.45, 7) is 2.08. The summed E-state index contributed by atoms with van der Waals surface area (Å²) in [5, 5.41) is 7.08. The van der Waals surface area contributed by atoms with Crippen LogP contribution in [0.5, 0.6) is 0 Å². The molecule has 6 heteroatoms.